The Hall–Kier alpha value is -2.19. The van der Waals surface area contributed by atoms with E-state index in [2.05, 4.69) is 4.72 Å². The van der Waals surface area contributed by atoms with Crippen molar-refractivity contribution in [3.8, 4) is 0 Å². The van der Waals surface area contributed by atoms with Crippen LogP contribution in [0.25, 0.3) is 0 Å². The van der Waals surface area contributed by atoms with Crippen LogP contribution in [0.5, 0.6) is 0 Å². The zero-order chi connectivity index (χ0) is 18.8. The van der Waals surface area contributed by atoms with Gasteiger partial charge in [0.1, 0.15) is 22.2 Å². The fraction of sp³-hybridized carbons (Fsp3) is 0.222. The van der Waals surface area contributed by atoms with E-state index >= 15 is 0 Å². The molecule has 0 aliphatic carbocycles. The number of benzene rings is 2. The highest BCUT2D eigenvalue weighted by molar-refractivity contribution is 8.00. The quantitative estimate of drug-likeness (QED) is 0.869. The lowest BCUT2D eigenvalue weighted by Gasteiger charge is -2.26. The van der Waals surface area contributed by atoms with Gasteiger partial charge in [0, 0.05) is 17.5 Å². The Morgan fingerprint density at radius 1 is 1.27 bits per heavy atom. The van der Waals surface area contributed by atoms with Gasteiger partial charge in [-0.15, -0.1) is 11.8 Å². The van der Waals surface area contributed by atoms with E-state index in [9.17, 15) is 18.2 Å². The lowest BCUT2D eigenvalue weighted by Crippen LogP contribution is -2.29. The minimum atomic E-state index is -1.45. The maximum atomic E-state index is 13.2. The van der Waals surface area contributed by atoms with Crippen LogP contribution in [0.15, 0.2) is 42.5 Å². The largest absolute Gasteiger partial charge is 0.295 e. The molecule has 1 heterocycles. The number of aryl methyl sites for hydroxylation is 1. The first-order valence-corrected chi connectivity index (χ1v) is 10.4. The fourth-order valence-corrected chi connectivity index (χ4v) is 4.36. The number of hydrogen-bond acceptors (Lipinski definition) is 4. The van der Waals surface area contributed by atoms with Gasteiger partial charge in [-0.1, -0.05) is 12.1 Å². The molecule has 5 nitrogen and oxygen atoms in total. The van der Waals surface area contributed by atoms with Crippen LogP contribution < -0.4 is 9.62 Å². The fourth-order valence-electron chi connectivity index (χ4n) is 2.81. The number of hydrogen-bond donors (Lipinski definition) is 1. The second kappa shape index (κ2) is 7.59. The summed E-state index contributed by atoms with van der Waals surface area (Å²) in [5.41, 5.74) is 2.66. The highest BCUT2D eigenvalue weighted by Gasteiger charge is 2.34. The van der Waals surface area contributed by atoms with Crippen LogP contribution in [-0.4, -0.2) is 28.0 Å². The number of nitrogens with zero attached hydrogens (tertiary/aromatic N) is 1. The van der Waals surface area contributed by atoms with Gasteiger partial charge in [0.05, 0.1) is 5.75 Å². The summed E-state index contributed by atoms with van der Waals surface area (Å²) < 4.78 is 26.7. The number of carbonyl (C=O) groups excluding carboxylic acids is 2. The molecular formula is C18H17FN2O3S2. The van der Waals surface area contributed by atoms with E-state index < -0.39 is 16.9 Å². The molecule has 2 aromatic rings. The van der Waals surface area contributed by atoms with Crippen molar-refractivity contribution in [1.29, 1.82) is 0 Å². The maximum absolute atomic E-state index is 13.2. The normalized spacial score (nSPS) is 18.0. The van der Waals surface area contributed by atoms with Crippen molar-refractivity contribution in [1.82, 2.24) is 4.72 Å². The maximum Gasteiger partial charge on any atom is 0.262 e. The van der Waals surface area contributed by atoms with E-state index in [0.29, 0.717) is 17.0 Å². The monoisotopic (exact) mass is 392 g/mol. The first-order chi connectivity index (χ1) is 12.4. The predicted molar refractivity (Wildman–Crippen MR) is 102 cm³/mol. The first kappa shape index (κ1) is 18.6. The van der Waals surface area contributed by atoms with E-state index in [4.69, 9.17) is 0 Å². The molecule has 0 radical (unpaired) electrons. The zero-order valence-electron chi connectivity index (χ0n) is 14.2. The Kier molecular flexibility index (Phi) is 5.43. The smallest absolute Gasteiger partial charge is 0.262 e. The van der Waals surface area contributed by atoms with Crippen LogP contribution in [0.2, 0.25) is 0 Å². The Balaban J connectivity index is 1.93. The van der Waals surface area contributed by atoms with Crippen molar-refractivity contribution in [2.45, 2.75) is 12.3 Å². The van der Waals surface area contributed by atoms with Gasteiger partial charge < -0.3 is 0 Å². The standard InChI is InChI=1S/C18H17FN2O3S2/c1-11-9-13(17(23)20-26(2)24)5-8-15(11)21-16(22)10-25-18(21)12-3-6-14(19)7-4-12/h3-9,18H,10H2,1-2H3,(H,20,23). The molecule has 1 aliphatic rings. The minimum Gasteiger partial charge on any atom is -0.295 e. The average Bonchev–Trinajstić information content (AvgIpc) is 2.96. The molecule has 2 unspecified atom stereocenters. The van der Waals surface area contributed by atoms with Crippen LogP contribution >= 0.6 is 11.8 Å². The molecule has 0 saturated carbocycles. The minimum absolute atomic E-state index is 0.0423. The zero-order valence-corrected chi connectivity index (χ0v) is 15.8. The van der Waals surface area contributed by atoms with Crippen LogP contribution in [-0.2, 0) is 15.8 Å². The highest BCUT2D eigenvalue weighted by Crippen LogP contribution is 2.42. The first-order valence-electron chi connectivity index (χ1n) is 7.81. The van der Waals surface area contributed by atoms with Gasteiger partial charge in [0.2, 0.25) is 5.91 Å². The second-order valence-corrected chi connectivity index (χ2v) is 8.05. The van der Waals surface area contributed by atoms with Gasteiger partial charge in [-0.25, -0.2) is 8.60 Å². The summed E-state index contributed by atoms with van der Waals surface area (Å²) in [6, 6.07) is 11.1. The van der Waals surface area contributed by atoms with Crippen LogP contribution in [0, 0.1) is 12.7 Å². The van der Waals surface area contributed by atoms with Crippen molar-refractivity contribution in [2.24, 2.45) is 0 Å². The third-order valence-electron chi connectivity index (χ3n) is 3.98. The Morgan fingerprint density at radius 3 is 2.58 bits per heavy atom. The third-order valence-corrected chi connectivity index (χ3v) is 5.66. The number of halogens is 1. The summed E-state index contributed by atoms with van der Waals surface area (Å²) in [4.78, 5) is 26.1. The Morgan fingerprint density at radius 2 is 1.96 bits per heavy atom. The molecule has 0 bridgehead atoms. The van der Waals surface area contributed by atoms with Crippen molar-refractivity contribution >= 4 is 40.2 Å². The van der Waals surface area contributed by atoms with E-state index in [1.165, 1.54) is 30.2 Å². The van der Waals surface area contributed by atoms with Crippen LogP contribution in [0.1, 0.15) is 26.9 Å². The number of rotatable bonds is 4. The molecule has 136 valence electrons. The molecule has 1 N–H and O–H groups in total. The predicted octanol–water partition coefficient (Wildman–Crippen LogP) is 2.94. The van der Waals surface area contributed by atoms with Gasteiger partial charge >= 0.3 is 0 Å². The van der Waals surface area contributed by atoms with Gasteiger partial charge in [-0.05, 0) is 48.4 Å². The van der Waals surface area contributed by atoms with Gasteiger partial charge in [-0.2, -0.15) is 0 Å². The summed E-state index contributed by atoms with van der Waals surface area (Å²) >= 11 is 1.47. The lowest BCUT2D eigenvalue weighted by atomic mass is 10.1. The molecule has 1 fully saturated rings. The van der Waals surface area contributed by atoms with Crippen molar-refractivity contribution in [2.75, 3.05) is 16.9 Å². The van der Waals surface area contributed by atoms with Crippen molar-refractivity contribution in [3.63, 3.8) is 0 Å². The molecular weight excluding hydrogens is 375 g/mol. The summed E-state index contributed by atoms with van der Waals surface area (Å²) in [6.07, 6.45) is 1.38. The molecule has 8 heteroatoms. The Labute approximate surface area is 157 Å². The van der Waals surface area contributed by atoms with Gasteiger partial charge in [-0.3, -0.25) is 19.2 Å². The van der Waals surface area contributed by atoms with Crippen LogP contribution in [0.4, 0.5) is 10.1 Å². The number of anilines is 1. The summed E-state index contributed by atoms with van der Waals surface area (Å²) in [7, 11) is -1.45. The number of thioether (sulfide) groups is 1. The van der Waals surface area contributed by atoms with E-state index in [1.807, 2.05) is 6.92 Å². The molecule has 0 spiro atoms. The van der Waals surface area contributed by atoms with E-state index in [0.717, 1.165) is 11.1 Å². The molecule has 1 aliphatic heterocycles. The molecule has 1 saturated heterocycles. The number of nitrogens with one attached hydrogen (secondary N) is 1. The van der Waals surface area contributed by atoms with E-state index in [-0.39, 0.29) is 17.1 Å². The number of amides is 2. The summed E-state index contributed by atoms with van der Waals surface area (Å²) in [5.74, 6) is -0.468. The van der Waals surface area contributed by atoms with Crippen molar-refractivity contribution < 1.29 is 18.2 Å². The molecule has 3 rings (SSSR count). The molecule has 2 amide bonds. The molecule has 0 aromatic heterocycles. The van der Waals surface area contributed by atoms with Gasteiger partial charge in [0.25, 0.3) is 5.91 Å². The summed E-state index contributed by atoms with van der Waals surface area (Å²) in [5, 5.41) is -0.246. The van der Waals surface area contributed by atoms with E-state index in [1.54, 1.807) is 35.2 Å². The lowest BCUT2D eigenvalue weighted by molar-refractivity contribution is -0.115. The van der Waals surface area contributed by atoms with Crippen LogP contribution in [0.3, 0.4) is 0 Å². The second-order valence-electron chi connectivity index (χ2n) is 5.87. The topological polar surface area (TPSA) is 66.5 Å². The highest BCUT2D eigenvalue weighted by atomic mass is 32.2. The molecule has 2 atom stereocenters. The molecule has 2 aromatic carbocycles. The molecule has 26 heavy (non-hydrogen) atoms. The SMILES string of the molecule is Cc1cc(C(=O)NS(C)=O)ccc1N1C(=O)CSC1c1ccc(F)cc1. The summed E-state index contributed by atoms with van der Waals surface area (Å²) in [6.45, 7) is 1.81. The third kappa shape index (κ3) is 3.81. The number of carbonyl (C=O) groups is 2. The average molecular weight is 392 g/mol. The van der Waals surface area contributed by atoms with Gasteiger partial charge in [0.15, 0.2) is 0 Å². The van der Waals surface area contributed by atoms with Crippen molar-refractivity contribution in [3.05, 3.63) is 65.0 Å². The Bertz CT molecular complexity index is 887.